The molecule has 9 heteroatoms. The molecule has 0 saturated carbocycles. The molecule has 0 radical (unpaired) electrons. The van der Waals surface area contributed by atoms with Crippen molar-refractivity contribution in [3.63, 3.8) is 0 Å². The zero-order valence-corrected chi connectivity index (χ0v) is 15.4. The number of amides is 2. The maximum Gasteiger partial charge on any atom is 0.387 e. The number of rotatable bonds is 8. The normalized spacial score (nSPS) is 10.6. The smallest absolute Gasteiger partial charge is 0.387 e. The molecule has 152 valence electrons. The van der Waals surface area contributed by atoms with E-state index in [4.69, 9.17) is 0 Å². The number of ether oxygens (including phenoxy) is 2. The monoisotopic (exact) mass is 404 g/mol. The van der Waals surface area contributed by atoms with Crippen molar-refractivity contribution in [2.45, 2.75) is 6.61 Å². The van der Waals surface area contributed by atoms with E-state index in [0.717, 1.165) is 0 Å². The lowest BCUT2D eigenvalue weighted by Crippen LogP contribution is -2.30. The highest BCUT2D eigenvalue weighted by Gasteiger charge is 2.08. The summed E-state index contributed by atoms with van der Waals surface area (Å²) < 4.78 is 32.9. The molecule has 7 nitrogen and oxygen atoms in total. The van der Waals surface area contributed by atoms with Crippen LogP contribution in [0.5, 0.6) is 5.75 Å². The lowest BCUT2D eigenvalue weighted by atomic mass is 10.2. The van der Waals surface area contributed by atoms with Crippen molar-refractivity contribution in [1.82, 2.24) is 5.32 Å². The number of carbonyl (C=O) groups excluding carboxylic acids is 3. The van der Waals surface area contributed by atoms with Crippen molar-refractivity contribution in [2.24, 2.45) is 0 Å². The number of esters is 1. The summed E-state index contributed by atoms with van der Waals surface area (Å²) in [6.07, 6.45) is 2.79. The predicted octanol–water partition coefficient (Wildman–Crippen LogP) is 2.84. The van der Waals surface area contributed by atoms with Crippen molar-refractivity contribution >= 4 is 29.5 Å². The van der Waals surface area contributed by atoms with E-state index in [-0.39, 0.29) is 12.3 Å². The molecule has 2 aromatic rings. The molecule has 0 saturated heterocycles. The van der Waals surface area contributed by atoms with Crippen LogP contribution in [-0.4, -0.2) is 38.0 Å². The Hall–Kier alpha value is -3.75. The number of anilines is 1. The molecule has 0 atom stereocenters. The Kier molecular flexibility index (Phi) is 7.84. The molecule has 0 unspecified atom stereocenters. The van der Waals surface area contributed by atoms with E-state index in [1.54, 1.807) is 0 Å². The number of carbonyl (C=O) groups is 3. The largest absolute Gasteiger partial charge is 0.468 e. The lowest BCUT2D eigenvalue weighted by molar-refractivity contribution is -0.139. The van der Waals surface area contributed by atoms with Crippen LogP contribution in [0.25, 0.3) is 6.08 Å². The van der Waals surface area contributed by atoms with Crippen LogP contribution in [0, 0.1) is 0 Å². The maximum absolute atomic E-state index is 12.1. The first-order chi connectivity index (χ1) is 13.9. The second-order valence-electron chi connectivity index (χ2n) is 5.61. The standard InChI is InChI=1S/C20H18F2N2O5/c1-28-18(26)12-23-19(27)14-5-7-15(8-6-14)24-17(25)11-4-13-2-9-16(10-3-13)29-20(21)22/h2-11,20H,12H2,1H3,(H,23,27)(H,24,25)/b11-4+. The highest BCUT2D eigenvalue weighted by molar-refractivity contribution is 6.02. The number of alkyl halides is 2. The zero-order chi connectivity index (χ0) is 21.2. The second-order valence-corrected chi connectivity index (χ2v) is 5.61. The highest BCUT2D eigenvalue weighted by Crippen LogP contribution is 2.16. The fourth-order valence-corrected chi connectivity index (χ4v) is 2.15. The number of hydrogen-bond donors (Lipinski definition) is 2. The molecule has 29 heavy (non-hydrogen) atoms. The zero-order valence-electron chi connectivity index (χ0n) is 15.4. The van der Waals surface area contributed by atoms with Crippen molar-refractivity contribution in [1.29, 1.82) is 0 Å². The van der Waals surface area contributed by atoms with Gasteiger partial charge in [0.15, 0.2) is 0 Å². The van der Waals surface area contributed by atoms with Gasteiger partial charge in [0.05, 0.1) is 7.11 Å². The average Bonchev–Trinajstić information content (AvgIpc) is 2.71. The Morgan fingerprint density at radius 2 is 1.69 bits per heavy atom. The molecule has 0 bridgehead atoms. The average molecular weight is 404 g/mol. The Morgan fingerprint density at radius 1 is 1.03 bits per heavy atom. The topological polar surface area (TPSA) is 93.7 Å². The van der Waals surface area contributed by atoms with E-state index >= 15 is 0 Å². The van der Waals surface area contributed by atoms with Gasteiger partial charge in [-0.3, -0.25) is 14.4 Å². The summed E-state index contributed by atoms with van der Waals surface area (Å²) in [5.74, 6) is -1.41. The van der Waals surface area contributed by atoms with E-state index < -0.39 is 24.4 Å². The van der Waals surface area contributed by atoms with E-state index in [9.17, 15) is 23.2 Å². The van der Waals surface area contributed by atoms with Crippen molar-refractivity contribution in [3.8, 4) is 5.75 Å². The molecule has 2 N–H and O–H groups in total. The lowest BCUT2D eigenvalue weighted by Gasteiger charge is -2.06. The van der Waals surface area contributed by atoms with Gasteiger partial charge in [-0.2, -0.15) is 8.78 Å². The van der Waals surface area contributed by atoms with Crippen molar-refractivity contribution in [3.05, 3.63) is 65.7 Å². The van der Waals surface area contributed by atoms with Gasteiger partial charge < -0.3 is 20.1 Å². The van der Waals surface area contributed by atoms with Crippen molar-refractivity contribution in [2.75, 3.05) is 19.0 Å². The van der Waals surface area contributed by atoms with Gasteiger partial charge in [-0.1, -0.05) is 12.1 Å². The van der Waals surface area contributed by atoms with Crippen molar-refractivity contribution < 1.29 is 32.6 Å². The van der Waals surface area contributed by atoms with Crippen LogP contribution in [0.2, 0.25) is 0 Å². The Labute approximate surface area is 165 Å². The fraction of sp³-hybridized carbons (Fsp3) is 0.150. The fourth-order valence-electron chi connectivity index (χ4n) is 2.15. The molecule has 0 aliphatic heterocycles. The minimum absolute atomic E-state index is 0.0253. The van der Waals surface area contributed by atoms with E-state index in [1.807, 2.05) is 0 Å². The minimum atomic E-state index is -2.90. The second kappa shape index (κ2) is 10.5. The predicted molar refractivity (Wildman–Crippen MR) is 102 cm³/mol. The Morgan fingerprint density at radius 3 is 2.28 bits per heavy atom. The first kappa shape index (κ1) is 21.5. The molecule has 2 rings (SSSR count). The third-order valence-corrected chi connectivity index (χ3v) is 3.57. The molecule has 0 aromatic heterocycles. The summed E-state index contributed by atoms with van der Waals surface area (Å²) >= 11 is 0. The van der Waals surface area contributed by atoms with Gasteiger partial charge >= 0.3 is 12.6 Å². The van der Waals surface area contributed by atoms with Gasteiger partial charge in [0.2, 0.25) is 5.91 Å². The number of hydrogen-bond acceptors (Lipinski definition) is 5. The van der Waals surface area contributed by atoms with Crippen LogP contribution in [0.15, 0.2) is 54.6 Å². The molecule has 0 heterocycles. The van der Waals surface area contributed by atoms with E-state index in [0.29, 0.717) is 16.8 Å². The van der Waals surface area contributed by atoms with E-state index in [2.05, 4.69) is 20.1 Å². The minimum Gasteiger partial charge on any atom is -0.468 e. The first-order valence-corrected chi connectivity index (χ1v) is 8.36. The quantitative estimate of drug-likeness (QED) is 0.521. The summed E-state index contributed by atoms with van der Waals surface area (Å²) in [5.41, 5.74) is 1.40. The molecule has 0 fully saturated rings. The molecule has 0 aliphatic carbocycles. The number of nitrogens with one attached hydrogen (secondary N) is 2. The molecular formula is C20H18F2N2O5. The molecule has 2 amide bonds. The number of halogens is 2. The van der Waals surface area contributed by atoms with Gasteiger partial charge in [-0.15, -0.1) is 0 Å². The van der Waals surface area contributed by atoms with Gasteiger partial charge in [-0.25, -0.2) is 0 Å². The van der Waals surface area contributed by atoms with Gasteiger partial charge in [0, 0.05) is 17.3 Å². The SMILES string of the molecule is COC(=O)CNC(=O)c1ccc(NC(=O)/C=C/c2ccc(OC(F)F)cc2)cc1. The van der Waals surface area contributed by atoms with Crippen LogP contribution in [0.4, 0.5) is 14.5 Å². The molecule has 2 aromatic carbocycles. The summed E-state index contributed by atoms with van der Waals surface area (Å²) in [6, 6.07) is 11.9. The first-order valence-electron chi connectivity index (χ1n) is 8.36. The van der Waals surface area contributed by atoms with Gasteiger partial charge in [0.25, 0.3) is 5.91 Å². The molecule has 0 aliphatic rings. The van der Waals surface area contributed by atoms with Crippen LogP contribution in [0.3, 0.4) is 0 Å². The summed E-state index contributed by atoms with van der Waals surface area (Å²) in [7, 11) is 1.22. The van der Waals surface area contributed by atoms with Crippen LogP contribution < -0.4 is 15.4 Å². The van der Waals surface area contributed by atoms with Crippen LogP contribution in [0.1, 0.15) is 15.9 Å². The Bertz CT molecular complexity index is 881. The third kappa shape index (κ3) is 7.41. The van der Waals surface area contributed by atoms with Gasteiger partial charge in [0.1, 0.15) is 12.3 Å². The van der Waals surface area contributed by atoms with Gasteiger partial charge in [-0.05, 0) is 48.0 Å². The molecular weight excluding hydrogens is 386 g/mol. The molecule has 0 spiro atoms. The highest BCUT2D eigenvalue weighted by atomic mass is 19.3. The Balaban J connectivity index is 1.87. The van der Waals surface area contributed by atoms with Crippen LogP contribution in [-0.2, 0) is 14.3 Å². The van der Waals surface area contributed by atoms with Crippen LogP contribution >= 0.6 is 0 Å². The summed E-state index contributed by atoms with van der Waals surface area (Å²) in [6.45, 7) is -3.14. The number of benzene rings is 2. The maximum atomic E-state index is 12.1. The summed E-state index contributed by atoms with van der Waals surface area (Å²) in [5, 5.41) is 5.02. The van der Waals surface area contributed by atoms with E-state index in [1.165, 1.54) is 67.8 Å². The number of methoxy groups -OCH3 is 1. The third-order valence-electron chi connectivity index (χ3n) is 3.57. The summed E-state index contributed by atoms with van der Waals surface area (Å²) in [4.78, 5) is 34.9.